The highest BCUT2D eigenvalue weighted by molar-refractivity contribution is 6.13. The van der Waals surface area contributed by atoms with Gasteiger partial charge in [0.15, 0.2) is 0 Å². The molecular weight excluding hydrogens is 452 g/mol. The molecule has 0 unspecified atom stereocenters. The van der Waals surface area contributed by atoms with Crippen LogP contribution in [0.1, 0.15) is 36.0 Å². The molecule has 2 aromatic carbocycles. The smallest absolute Gasteiger partial charge is 0.349 e. The molecule has 2 aliphatic heterocycles. The lowest BCUT2D eigenvalue weighted by molar-refractivity contribution is -0.132. The van der Waals surface area contributed by atoms with Crippen LogP contribution < -0.4 is 10.6 Å². The molecule has 2 N–H and O–H groups in total. The van der Waals surface area contributed by atoms with Crippen LogP contribution in [-0.4, -0.2) is 65.0 Å². The number of anilines is 2. The van der Waals surface area contributed by atoms with Gasteiger partial charge in [0.05, 0.1) is 24.0 Å². The van der Waals surface area contributed by atoms with E-state index in [9.17, 15) is 9.59 Å². The van der Waals surface area contributed by atoms with Crippen molar-refractivity contribution < 1.29 is 9.59 Å². The van der Waals surface area contributed by atoms with Gasteiger partial charge in [0.2, 0.25) is 5.91 Å². The summed E-state index contributed by atoms with van der Waals surface area (Å²) in [5, 5.41) is 7.53. The number of hydrogen-bond donors (Lipinski definition) is 2. The van der Waals surface area contributed by atoms with Gasteiger partial charge < -0.3 is 10.6 Å². The molecule has 2 fully saturated rings. The number of aromatic nitrogens is 1. The third kappa shape index (κ3) is 5.16. The van der Waals surface area contributed by atoms with Crippen LogP contribution in [0, 0.1) is 6.57 Å². The predicted octanol–water partition coefficient (Wildman–Crippen LogP) is 4.27. The summed E-state index contributed by atoms with van der Waals surface area (Å²) in [5.74, 6) is -0.0725. The fourth-order valence-corrected chi connectivity index (χ4v) is 5.13. The summed E-state index contributed by atoms with van der Waals surface area (Å²) < 4.78 is 0. The van der Waals surface area contributed by atoms with Crippen LogP contribution in [0.4, 0.5) is 11.4 Å². The quantitative estimate of drug-likeness (QED) is 0.547. The molecule has 8 heteroatoms. The van der Waals surface area contributed by atoms with Gasteiger partial charge in [0.1, 0.15) is 0 Å². The molecule has 3 heterocycles. The number of carbonyl (C=O) groups is 2. The Morgan fingerprint density at radius 1 is 1.00 bits per heavy atom. The molecule has 36 heavy (non-hydrogen) atoms. The van der Waals surface area contributed by atoms with Gasteiger partial charge in [-0.3, -0.25) is 24.4 Å². The lowest BCUT2D eigenvalue weighted by atomic mass is 10.0. The lowest BCUT2D eigenvalue weighted by Crippen LogP contribution is -2.46. The van der Waals surface area contributed by atoms with Crippen molar-refractivity contribution in [3.63, 3.8) is 0 Å². The van der Waals surface area contributed by atoms with E-state index in [1.807, 2.05) is 54.6 Å². The number of hydrogen-bond acceptors (Lipinski definition) is 5. The molecular formula is C28H31N6O2+. The van der Waals surface area contributed by atoms with Gasteiger partial charge in [-0.05, 0) is 55.7 Å². The molecule has 2 aliphatic rings. The Bertz CT molecular complexity index is 1280. The van der Waals surface area contributed by atoms with Crippen LogP contribution in [0.3, 0.4) is 0 Å². The summed E-state index contributed by atoms with van der Waals surface area (Å²) >= 11 is 0. The fraction of sp³-hybridized carbons (Fsp3) is 0.357. The van der Waals surface area contributed by atoms with Crippen molar-refractivity contribution in [1.29, 1.82) is 0 Å². The number of piperidine rings is 1. The van der Waals surface area contributed by atoms with Crippen LogP contribution in [0.15, 0.2) is 60.8 Å². The molecule has 1 atom stereocenters. The van der Waals surface area contributed by atoms with Crippen molar-refractivity contribution in [3.05, 3.63) is 71.2 Å². The monoisotopic (exact) mass is 483 g/mol. The van der Waals surface area contributed by atoms with Crippen molar-refractivity contribution in [2.24, 2.45) is 0 Å². The fourth-order valence-electron chi connectivity index (χ4n) is 5.13. The molecule has 0 aliphatic carbocycles. The Labute approximate surface area is 211 Å². The minimum absolute atomic E-state index is 0.111. The SMILES string of the molecule is C#[N+][C@@H]1CCCN1C(=O)CN1CCC(Nc2ccc(C(=O)Nc3ccccc3)c3ncccc23)CC1. The molecule has 5 rings (SSSR count). The molecule has 2 saturated heterocycles. The second kappa shape index (κ2) is 10.8. The van der Waals surface area contributed by atoms with Gasteiger partial charge in [-0.2, -0.15) is 0 Å². The van der Waals surface area contributed by atoms with Crippen LogP contribution in [0.25, 0.3) is 15.7 Å². The van der Waals surface area contributed by atoms with Gasteiger partial charge in [-0.1, -0.05) is 23.0 Å². The van der Waals surface area contributed by atoms with Crippen molar-refractivity contribution in [1.82, 2.24) is 14.8 Å². The first-order valence-corrected chi connectivity index (χ1v) is 12.5. The molecule has 8 nitrogen and oxygen atoms in total. The number of para-hydroxylation sites is 1. The van der Waals surface area contributed by atoms with E-state index in [1.54, 1.807) is 11.1 Å². The van der Waals surface area contributed by atoms with E-state index in [2.05, 4.69) is 25.4 Å². The number of rotatable bonds is 6. The van der Waals surface area contributed by atoms with Gasteiger partial charge in [-0.15, -0.1) is 0 Å². The number of amides is 2. The number of nitrogens with one attached hydrogen (secondary N) is 2. The van der Waals surface area contributed by atoms with E-state index in [4.69, 9.17) is 6.57 Å². The Balaban J connectivity index is 1.22. The Morgan fingerprint density at radius 2 is 1.81 bits per heavy atom. The second-order valence-corrected chi connectivity index (χ2v) is 9.43. The molecule has 1 aromatic heterocycles. The van der Waals surface area contributed by atoms with E-state index in [-0.39, 0.29) is 24.0 Å². The largest absolute Gasteiger partial charge is 0.382 e. The van der Waals surface area contributed by atoms with Gasteiger partial charge in [0.25, 0.3) is 12.5 Å². The number of carbonyl (C=O) groups excluding carboxylic acids is 2. The third-order valence-electron chi connectivity index (χ3n) is 7.07. The van der Waals surface area contributed by atoms with Crippen LogP contribution in [0.2, 0.25) is 0 Å². The maximum absolute atomic E-state index is 13.0. The van der Waals surface area contributed by atoms with Crippen molar-refractivity contribution in [3.8, 4) is 6.57 Å². The van der Waals surface area contributed by atoms with Gasteiger partial charge in [0, 0.05) is 48.6 Å². The number of pyridine rings is 1. The van der Waals surface area contributed by atoms with Crippen molar-refractivity contribution >= 4 is 34.1 Å². The van der Waals surface area contributed by atoms with E-state index >= 15 is 0 Å². The number of fused-ring (bicyclic) bond motifs is 1. The first-order chi connectivity index (χ1) is 17.6. The summed E-state index contributed by atoms with van der Waals surface area (Å²) in [4.78, 5) is 38.1. The van der Waals surface area contributed by atoms with Crippen LogP contribution >= 0.6 is 0 Å². The molecule has 0 saturated carbocycles. The molecule has 0 radical (unpaired) electrons. The first-order valence-electron chi connectivity index (χ1n) is 12.5. The van der Waals surface area contributed by atoms with Crippen LogP contribution in [0.5, 0.6) is 0 Å². The minimum atomic E-state index is -0.183. The van der Waals surface area contributed by atoms with Crippen LogP contribution in [-0.2, 0) is 4.79 Å². The molecule has 2 amide bonds. The van der Waals surface area contributed by atoms with E-state index < -0.39 is 0 Å². The third-order valence-corrected chi connectivity index (χ3v) is 7.07. The highest BCUT2D eigenvalue weighted by Crippen LogP contribution is 2.28. The molecule has 184 valence electrons. The zero-order valence-electron chi connectivity index (χ0n) is 20.3. The molecule has 3 aromatic rings. The zero-order valence-corrected chi connectivity index (χ0v) is 20.3. The van der Waals surface area contributed by atoms with Crippen molar-refractivity contribution in [2.45, 2.75) is 37.9 Å². The average Bonchev–Trinajstić information content (AvgIpc) is 3.40. The first kappa shape index (κ1) is 23.8. The standard InChI is InChI=1S/C28H30N6O2/c1-29-25-10-6-16-34(25)26(35)19-33-17-13-21(14-18-33)31-24-12-11-23(27-22(24)9-5-15-30-27)28(36)32-20-7-3-2-4-8-20/h1-5,7-9,11-12,15,21,25H,6,10,13-14,16-19H2,(H-,30,31,32,36)/p+1/t25-/m0/s1. The number of nitrogens with zero attached hydrogens (tertiary/aromatic N) is 4. The average molecular weight is 484 g/mol. The number of benzene rings is 2. The van der Waals surface area contributed by atoms with Gasteiger partial charge >= 0.3 is 6.17 Å². The molecule has 0 spiro atoms. The minimum Gasteiger partial charge on any atom is -0.382 e. The second-order valence-electron chi connectivity index (χ2n) is 9.43. The Morgan fingerprint density at radius 3 is 2.58 bits per heavy atom. The van der Waals surface area contributed by atoms with Gasteiger partial charge in [-0.25, -0.2) is 0 Å². The highest BCUT2D eigenvalue weighted by atomic mass is 16.2. The highest BCUT2D eigenvalue weighted by Gasteiger charge is 2.36. The Kier molecular flexibility index (Phi) is 7.10. The van der Waals surface area contributed by atoms with E-state index in [0.29, 0.717) is 17.6 Å². The summed E-state index contributed by atoms with van der Waals surface area (Å²) in [6, 6.07) is 17.4. The lowest BCUT2D eigenvalue weighted by Gasteiger charge is -2.33. The predicted molar refractivity (Wildman–Crippen MR) is 142 cm³/mol. The molecule has 0 bridgehead atoms. The Hall–Kier alpha value is -3.96. The zero-order chi connectivity index (χ0) is 24.9. The summed E-state index contributed by atoms with van der Waals surface area (Å²) in [6.45, 7) is 8.31. The summed E-state index contributed by atoms with van der Waals surface area (Å²) in [6.07, 6.45) is 5.20. The number of likely N-dealkylation sites (tertiary alicyclic amines) is 2. The maximum atomic E-state index is 13.0. The normalized spacial score (nSPS) is 18.6. The summed E-state index contributed by atoms with van der Waals surface area (Å²) in [5.41, 5.74) is 2.92. The topological polar surface area (TPSA) is 81.9 Å². The van der Waals surface area contributed by atoms with E-state index in [0.717, 1.165) is 62.1 Å². The van der Waals surface area contributed by atoms with Crippen molar-refractivity contribution in [2.75, 3.05) is 36.8 Å². The maximum Gasteiger partial charge on any atom is 0.349 e. The summed E-state index contributed by atoms with van der Waals surface area (Å²) in [7, 11) is 0. The van der Waals surface area contributed by atoms with E-state index in [1.165, 1.54) is 0 Å².